The Morgan fingerprint density at radius 2 is 1.61 bits per heavy atom. The minimum absolute atomic E-state index is 0.00466. The number of nitrogens with two attached hydrogens (primary N) is 5. The highest BCUT2D eigenvalue weighted by Gasteiger charge is 2.55. The molecule has 222 valence electrons. The quantitative estimate of drug-likeness (QED) is 0.133. The standard InChI is InChI=1S/C22H44N6O10/c1-6-12(26)16(32)18(34)20(36-6)11-14(30)8(28-21(35)9(29)2-3-23)4-7(25)19(11)38-22-13(27)17(33)15(31)10(5-24)37-22/h6-20,22,29-34H,2-5,23-27H2,1H3,(H,28,35)/t6-,7+,8-,9+,10-,11-,12-,13-,14+,15-,16+,17-,18-,19-,20+,22-/m1/s1. The molecule has 3 fully saturated rings. The zero-order valence-electron chi connectivity index (χ0n) is 21.3. The summed E-state index contributed by atoms with van der Waals surface area (Å²) in [4.78, 5) is 12.5. The monoisotopic (exact) mass is 552 g/mol. The van der Waals surface area contributed by atoms with Gasteiger partial charge in [0.1, 0.15) is 36.6 Å². The fourth-order valence-electron chi connectivity index (χ4n) is 5.46. The molecule has 0 radical (unpaired) electrons. The maximum absolute atomic E-state index is 12.5. The lowest BCUT2D eigenvalue weighted by Gasteiger charge is -2.52. The molecule has 2 saturated heterocycles. The molecule has 0 aromatic rings. The molecule has 3 aliphatic rings. The molecule has 2 aliphatic heterocycles. The van der Waals surface area contributed by atoms with E-state index in [2.05, 4.69) is 5.32 Å². The van der Waals surface area contributed by atoms with Crippen LogP contribution in [0.3, 0.4) is 0 Å². The van der Waals surface area contributed by atoms with Crippen LogP contribution in [0.15, 0.2) is 0 Å². The van der Waals surface area contributed by atoms with E-state index in [-0.39, 0.29) is 25.9 Å². The third kappa shape index (κ3) is 6.29. The summed E-state index contributed by atoms with van der Waals surface area (Å²) >= 11 is 0. The molecule has 1 aliphatic carbocycles. The van der Waals surface area contributed by atoms with Gasteiger partial charge in [0.25, 0.3) is 0 Å². The molecule has 2 heterocycles. The molecule has 38 heavy (non-hydrogen) atoms. The van der Waals surface area contributed by atoms with Gasteiger partial charge in [-0.1, -0.05) is 0 Å². The predicted octanol–water partition coefficient (Wildman–Crippen LogP) is -7.16. The third-order valence-corrected chi connectivity index (χ3v) is 7.85. The molecular weight excluding hydrogens is 508 g/mol. The van der Waals surface area contributed by atoms with Crippen LogP contribution in [0.25, 0.3) is 0 Å². The van der Waals surface area contributed by atoms with Gasteiger partial charge in [0, 0.05) is 18.5 Å². The molecule has 0 bridgehead atoms. The largest absolute Gasteiger partial charge is 0.390 e. The van der Waals surface area contributed by atoms with Crippen molar-refractivity contribution in [2.24, 2.45) is 34.6 Å². The zero-order chi connectivity index (χ0) is 28.5. The Morgan fingerprint density at radius 3 is 2.21 bits per heavy atom. The van der Waals surface area contributed by atoms with Crippen molar-refractivity contribution in [2.45, 2.75) is 111 Å². The summed E-state index contributed by atoms with van der Waals surface area (Å²) in [5.74, 6) is -1.95. The number of aliphatic hydroxyl groups excluding tert-OH is 6. The Labute approximate surface area is 220 Å². The van der Waals surface area contributed by atoms with Crippen LogP contribution in [0.1, 0.15) is 19.8 Å². The number of rotatable bonds is 8. The van der Waals surface area contributed by atoms with Gasteiger partial charge in [-0.25, -0.2) is 0 Å². The molecule has 0 aromatic carbocycles. The van der Waals surface area contributed by atoms with E-state index in [0.29, 0.717) is 0 Å². The van der Waals surface area contributed by atoms with E-state index in [1.807, 2.05) is 0 Å². The van der Waals surface area contributed by atoms with Crippen molar-refractivity contribution in [1.82, 2.24) is 5.32 Å². The van der Waals surface area contributed by atoms with Crippen molar-refractivity contribution < 1.29 is 49.6 Å². The first kappa shape index (κ1) is 31.4. The van der Waals surface area contributed by atoms with Crippen LogP contribution in [0.5, 0.6) is 0 Å². The predicted molar refractivity (Wildman–Crippen MR) is 131 cm³/mol. The fraction of sp³-hybridized carbons (Fsp3) is 0.955. The van der Waals surface area contributed by atoms with Gasteiger partial charge in [-0.3, -0.25) is 4.79 Å². The minimum atomic E-state index is -1.57. The Hall–Kier alpha value is -1.09. The van der Waals surface area contributed by atoms with Gasteiger partial charge in [0.05, 0.1) is 42.5 Å². The summed E-state index contributed by atoms with van der Waals surface area (Å²) in [6.45, 7) is 1.49. The lowest BCUT2D eigenvalue weighted by molar-refractivity contribution is -0.297. The second kappa shape index (κ2) is 13.0. The van der Waals surface area contributed by atoms with Crippen LogP contribution in [0, 0.1) is 5.92 Å². The van der Waals surface area contributed by atoms with Crippen molar-refractivity contribution >= 4 is 5.91 Å². The summed E-state index contributed by atoms with van der Waals surface area (Å²) < 4.78 is 17.7. The number of hydrogen-bond acceptors (Lipinski definition) is 15. The van der Waals surface area contributed by atoms with Crippen LogP contribution in [-0.2, 0) is 19.0 Å². The van der Waals surface area contributed by atoms with Crippen LogP contribution < -0.4 is 34.0 Å². The summed E-state index contributed by atoms with van der Waals surface area (Å²) in [7, 11) is 0. The first-order valence-electron chi connectivity index (χ1n) is 12.9. The normalized spacial score (nSPS) is 48.9. The van der Waals surface area contributed by atoms with Gasteiger partial charge in [0.2, 0.25) is 5.91 Å². The van der Waals surface area contributed by atoms with Crippen LogP contribution in [0.4, 0.5) is 0 Å². The Bertz CT molecular complexity index is 785. The molecule has 16 heteroatoms. The molecule has 1 saturated carbocycles. The van der Waals surface area contributed by atoms with Crippen molar-refractivity contribution in [3.63, 3.8) is 0 Å². The smallest absolute Gasteiger partial charge is 0.249 e. The fourth-order valence-corrected chi connectivity index (χ4v) is 5.46. The van der Waals surface area contributed by atoms with Gasteiger partial charge in [0.15, 0.2) is 6.29 Å². The number of aliphatic hydroxyl groups is 6. The average molecular weight is 553 g/mol. The van der Waals surface area contributed by atoms with E-state index in [9.17, 15) is 35.4 Å². The topological polar surface area (TPSA) is 308 Å². The second-order valence-electron chi connectivity index (χ2n) is 10.5. The van der Waals surface area contributed by atoms with E-state index in [0.717, 1.165) is 0 Å². The van der Waals surface area contributed by atoms with E-state index < -0.39 is 103 Å². The number of carbonyl (C=O) groups is 1. The average Bonchev–Trinajstić information content (AvgIpc) is 2.88. The third-order valence-electron chi connectivity index (χ3n) is 7.85. The van der Waals surface area contributed by atoms with Gasteiger partial charge >= 0.3 is 0 Å². The number of carbonyl (C=O) groups excluding carboxylic acids is 1. The highest BCUT2D eigenvalue weighted by molar-refractivity contribution is 5.80. The van der Waals surface area contributed by atoms with E-state index in [1.54, 1.807) is 6.92 Å². The molecule has 16 nitrogen and oxygen atoms in total. The van der Waals surface area contributed by atoms with E-state index in [4.69, 9.17) is 42.9 Å². The SMILES string of the molecule is C[C@H]1O[C@@H]([C@@H]2[C@@H](O)[C@H](NC(=O)[C@@H](O)CCN)C[C@H](N)[C@H]2O[C@H]2O[C@H](CN)[C@@H](O)[C@H](O)[C@H]2N)[C@H](O)[C@@H](O)[C@@H]1N. The highest BCUT2D eigenvalue weighted by atomic mass is 16.7. The number of hydrogen-bond donors (Lipinski definition) is 12. The lowest BCUT2D eigenvalue weighted by atomic mass is 9.71. The maximum atomic E-state index is 12.5. The van der Waals surface area contributed by atoms with Crippen LogP contribution in [0.2, 0.25) is 0 Å². The molecule has 0 aromatic heterocycles. The van der Waals surface area contributed by atoms with Gasteiger partial charge in [-0.05, 0) is 26.3 Å². The number of nitrogens with one attached hydrogen (secondary N) is 1. The zero-order valence-corrected chi connectivity index (χ0v) is 21.3. The van der Waals surface area contributed by atoms with Crippen molar-refractivity contribution in [2.75, 3.05) is 13.1 Å². The van der Waals surface area contributed by atoms with Crippen molar-refractivity contribution in [3.8, 4) is 0 Å². The van der Waals surface area contributed by atoms with Crippen molar-refractivity contribution in [3.05, 3.63) is 0 Å². The van der Waals surface area contributed by atoms with Gasteiger partial charge in [-0.15, -0.1) is 0 Å². The Morgan fingerprint density at radius 1 is 0.974 bits per heavy atom. The van der Waals surface area contributed by atoms with E-state index >= 15 is 0 Å². The van der Waals surface area contributed by atoms with Gasteiger partial charge in [-0.2, -0.15) is 0 Å². The number of ether oxygens (including phenoxy) is 3. The van der Waals surface area contributed by atoms with Crippen LogP contribution >= 0.6 is 0 Å². The van der Waals surface area contributed by atoms with E-state index in [1.165, 1.54) is 0 Å². The summed E-state index contributed by atoms with van der Waals surface area (Å²) in [6, 6.07) is -4.07. The molecular formula is C22H44N6O10. The van der Waals surface area contributed by atoms with Crippen LogP contribution in [-0.4, -0.2) is 141 Å². The molecule has 16 atom stereocenters. The Kier molecular flexibility index (Phi) is 10.8. The first-order chi connectivity index (χ1) is 17.8. The first-order valence-corrected chi connectivity index (χ1v) is 12.9. The van der Waals surface area contributed by atoms with Crippen molar-refractivity contribution in [1.29, 1.82) is 0 Å². The second-order valence-corrected chi connectivity index (χ2v) is 10.5. The Balaban J connectivity index is 1.91. The summed E-state index contributed by atoms with van der Waals surface area (Å²) in [6.07, 6.45) is -14.2. The molecule has 3 rings (SSSR count). The van der Waals surface area contributed by atoms with Gasteiger partial charge < -0.3 is 78.8 Å². The maximum Gasteiger partial charge on any atom is 0.249 e. The molecule has 0 unspecified atom stereocenters. The summed E-state index contributed by atoms with van der Waals surface area (Å²) in [5.41, 5.74) is 29.5. The number of amides is 1. The summed E-state index contributed by atoms with van der Waals surface area (Å²) in [5, 5.41) is 66.0. The lowest BCUT2D eigenvalue weighted by Crippen LogP contribution is -2.71. The minimum Gasteiger partial charge on any atom is -0.390 e. The molecule has 1 amide bonds. The molecule has 17 N–H and O–H groups in total. The molecule has 0 spiro atoms. The highest BCUT2D eigenvalue weighted by Crippen LogP contribution is 2.38.